The molecule has 120 valence electrons. The van der Waals surface area contributed by atoms with Crippen molar-refractivity contribution in [2.75, 3.05) is 32.7 Å². The van der Waals surface area contributed by atoms with Crippen molar-refractivity contribution < 1.29 is 18.3 Å². The Kier molecular flexibility index (Phi) is 6.18. The van der Waals surface area contributed by atoms with Crippen LogP contribution in [0.5, 0.6) is 0 Å². The van der Waals surface area contributed by atoms with Crippen LogP contribution in [0.25, 0.3) is 0 Å². The molecule has 0 saturated carbocycles. The van der Waals surface area contributed by atoms with E-state index in [2.05, 4.69) is 4.90 Å². The van der Waals surface area contributed by atoms with Gasteiger partial charge in [-0.15, -0.1) is 23.7 Å². The minimum atomic E-state index is -3.57. The van der Waals surface area contributed by atoms with E-state index in [4.69, 9.17) is 5.11 Å². The van der Waals surface area contributed by atoms with Gasteiger partial charge >= 0.3 is 5.97 Å². The molecular weight excluding hydrogens is 336 g/mol. The van der Waals surface area contributed by atoms with E-state index in [-0.39, 0.29) is 21.5 Å². The van der Waals surface area contributed by atoms with Crippen LogP contribution in [0, 0.1) is 6.92 Å². The number of nitrogens with zero attached hydrogens (tertiary/aromatic N) is 2. The zero-order valence-electron chi connectivity index (χ0n) is 11.9. The quantitative estimate of drug-likeness (QED) is 0.886. The lowest BCUT2D eigenvalue weighted by atomic mass is 10.3. The van der Waals surface area contributed by atoms with Gasteiger partial charge in [-0.05, 0) is 25.1 Å². The fourth-order valence-electron chi connectivity index (χ4n) is 2.21. The van der Waals surface area contributed by atoms with Crippen LogP contribution in [0.3, 0.4) is 0 Å². The monoisotopic (exact) mass is 354 g/mol. The first kappa shape index (κ1) is 18.4. The Morgan fingerprint density at radius 3 is 2.33 bits per heavy atom. The van der Waals surface area contributed by atoms with E-state index in [9.17, 15) is 13.2 Å². The van der Waals surface area contributed by atoms with Crippen molar-refractivity contribution in [1.82, 2.24) is 9.21 Å². The summed E-state index contributed by atoms with van der Waals surface area (Å²) < 4.78 is 26.6. The molecule has 0 bridgehead atoms. The highest BCUT2D eigenvalue weighted by atomic mass is 35.5. The lowest BCUT2D eigenvalue weighted by molar-refractivity contribution is 0.0701. The van der Waals surface area contributed by atoms with Gasteiger partial charge < -0.3 is 10.0 Å². The number of aromatic carboxylic acids is 1. The van der Waals surface area contributed by atoms with E-state index in [1.165, 1.54) is 10.4 Å². The van der Waals surface area contributed by atoms with Gasteiger partial charge in [0.2, 0.25) is 0 Å². The predicted molar refractivity (Wildman–Crippen MR) is 84.1 cm³/mol. The van der Waals surface area contributed by atoms with Gasteiger partial charge in [0, 0.05) is 26.2 Å². The third-order valence-electron chi connectivity index (χ3n) is 3.46. The van der Waals surface area contributed by atoms with Crippen LogP contribution in [0.2, 0.25) is 0 Å². The Balaban J connectivity index is 0.00000220. The second-order valence-electron chi connectivity index (χ2n) is 4.72. The van der Waals surface area contributed by atoms with Crippen LogP contribution >= 0.6 is 23.7 Å². The standard InChI is InChI=1S/C12H18N2O4S2.ClH/c1-3-13-4-6-14(7-5-13)20(17,18)10-8-9(2)11(19-10)12(15)16;/h8H,3-7H2,1-2H3,(H,15,16);1H. The summed E-state index contributed by atoms with van der Waals surface area (Å²) in [4.78, 5) is 13.3. The second kappa shape index (κ2) is 7.06. The van der Waals surface area contributed by atoms with Crippen molar-refractivity contribution in [2.24, 2.45) is 0 Å². The highest BCUT2D eigenvalue weighted by Gasteiger charge is 2.30. The van der Waals surface area contributed by atoms with Crippen molar-refractivity contribution in [3.63, 3.8) is 0 Å². The number of halogens is 1. The molecule has 0 spiro atoms. The molecule has 1 N–H and O–H groups in total. The smallest absolute Gasteiger partial charge is 0.346 e. The fraction of sp³-hybridized carbons (Fsp3) is 0.583. The lowest BCUT2D eigenvalue weighted by Crippen LogP contribution is -2.48. The fourth-order valence-corrected chi connectivity index (χ4v) is 5.16. The van der Waals surface area contributed by atoms with Crippen LogP contribution in [0.15, 0.2) is 10.3 Å². The Labute approximate surface area is 134 Å². The number of likely N-dealkylation sites (N-methyl/N-ethyl adjacent to an activating group) is 1. The van der Waals surface area contributed by atoms with E-state index < -0.39 is 16.0 Å². The number of carbonyl (C=O) groups is 1. The van der Waals surface area contributed by atoms with Crippen LogP contribution in [-0.4, -0.2) is 61.4 Å². The molecule has 1 aliphatic rings. The molecule has 0 atom stereocenters. The summed E-state index contributed by atoms with van der Waals surface area (Å²) in [5.74, 6) is -1.08. The highest BCUT2D eigenvalue weighted by Crippen LogP contribution is 2.29. The number of carboxylic acid groups (broad SMARTS) is 1. The molecule has 1 fully saturated rings. The maximum absolute atomic E-state index is 12.5. The van der Waals surface area contributed by atoms with E-state index >= 15 is 0 Å². The van der Waals surface area contributed by atoms with Gasteiger partial charge in [-0.25, -0.2) is 13.2 Å². The number of hydrogen-bond donors (Lipinski definition) is 1. The highest BCUT2D eigenvalue weighted by molar-refractivity contribution is 7.91. The molecule has 6 nitrogen and oxygen atoms in total. The molecule has 1 aromatic heterocycles. The van der Waals surface area contributed by atoms with Crippen molar-refractivity contribution in [3.8, 4) is 0 Å². The Morgan fingerprint density at radius 1 is 1.33 bits per heavy atom. The summed E-state index contributed by atoms with van der Waals surface area (Å²) >= 11 is 0.832. The number of thiophene rings is 1. The van der Waals surface area contributed by atoms with E-state index in [1.807, 2.05) is 6.92 Å². The predicted octanol–water partition coefficient (Wildman–Crippen LogP) is 1.50. The van der Waals surface area contributed by atoms with Crippen molar-refractivity contribution in [1.29, 1.82) is 0 Å². The Hall–Kier alpha value is -0.670. The maximum atomic E-state index is 12.5. The van der Waals surface area contributed by atoms with Crippen molar-refractivity contribution >= 4 is 39.7 Å². The average molecular weight is 355 g/mol. The average Bonchev–Trinajstić information content (AvgIpc) is 2.82. The van der Waals surface area contributed by atoms with Gasteiger partial charge in [0.1, 0.15) is 9.09 Å². The first-order valence-electron chi connectivity index (χ1n) is 6.42. The topological polar surface area (TPSA) is 77.9 Å². The number of aryl methyl sites for hydroxylation is 1. The summed E-state index contributed by atoms with van der Waals surface area (Å²) in [5.41, 5.74) is 0.494. The van der Waals surface area contributed by atoms with Gasteiger partial charge in [0.25, 0.3) is 10.0 Å². The molecular formula is C12H19ClN2O4S2. The lowest BCUT2D eigenvalue weighted by Gasteiger charge is -2.32. The zero-order valence-corrected chi connectivity index (χ0v) is 14.4. The summed E-state index contributed by atoms with van der Waals surface area (Å²) in [6, 6.07) is 1.45. The first-order chi connectivity index (χ1) is 9.36. The molecule has 0 amide bonds. The van der Waals surface area contributed by atoms with E-state index in [0.717, 1.165) is 17.9 Å². The minimum Gasteiger partial charge on any atom is -0.477 e. The number of hydrogen-bond acceptors (Lipinski definition) is 5. The number of rotatable bonds is 4. The molecule has 2 heterocycles. The third kappa shape index (κ3) is 3.75. The van der Waals surface area contributed by atoms with Gasteiger partial charge in [0.15, 0.2) is 0 Å². The first-order valence-corrected chi connectivity index (χ1v) is 8.68. The SMILES string of the molecule is CCN1CCN(S(=O)(=O)c2cc(C)c(C(=O)O)s2)CC1.Cl. The van der Waals surface area contributed by atoms with Crippen LogP contribution in [0.1, 0.15) is 22.2 Å². The Morgan fingerprint density at radius 2 is 1.90 bits per heavy atom. The Bertz CT molecular complexity index is 607. The molecule has 1 saturated heterocycles. The van der Waals surface area contributed by atoms with Crippen LogP contribution in [-0.2, 0) is 10.0 Å². The zero-order chi connectivity index (χ0) is 14.9. The maximum Gasteiger partial charge on any atom is 0.346 e. The van der Waals surface area contributed by atoms with Gasteiger partial charge in [-0.1, -0.05) is 6.92 Å². The van der Waals surface area contributed by atoms with Crippen LogP contribution in [0.4, 0.5) is 0 Å². The molecule has 2 rings (SSSR count). The molecule has 21 heavy (non-hydrogen) atoms. The van der Waals surface area contributed by atoms with Gasteiger partial charge in [-0.2, -0.15) is 4.31 Å². The summed E-state index contributed by atoms with van der Waals surface area (Å²) in [5, 5.41) is 9.02. The molecule has 0 unspecified atom stereocenters. The van der Waals surface area contributed by atoms with Gasteiger partial charge in [0.05, 0.1) is 0 Å². The normalized spacial score (nSPS) is 17.4. The van der Waals surface area contributed by atoms with Crippen molar-refractivity contribution in [3.05, 3.63) is 16.5 Å². The molecule has 1 aromatic rings. The van der Waals surface area contributed by atoms with Gasteiger partial charge in [-0.3, -0.25) is 0 Å². The molecule has 9 heteroatoms. The summed E-state index contributed by atoms with van der Waals surface area (Å²) in [7, 11) is -3.57. The largest absolute Gasteiger partial charge is 0.477 e. The summed E-state index contributed by atoms with van der Waals surface area (Å²) in [6.07, 6.45) is 0. The molecule has 0 radical (unpaired) electrons. The summed E-state index contributed by atoms with van der Waals surface area (Å²) in [6.45, 7) is 6.91. The number of carboxylic acids is 1. The molecule has 0 aliphatic carbocycles. The van der Waals surface area contributed by atoms with Crippen molar-refractivity contribution in [2.45, 2.75) is 18.1 Å². The number of piperazine rings is 1. The molecule has 0 aromatic carbocycles. The minimum absolute atomic E-state index is 0. The second-order valence-corrected chi connectivity index (χ2v) is 7.94. The molecule has 1 aliphatic heterocycles. The third-order valence-corrected chi connectivity index (χ3v) is 7.03. The van der Waals surface area contributed by atoms with E-state index in [0.29, 0.717) is 31.7 Å². The van der Waals surface area contributed by atoms with Crippen LogP contribution < -0.4 is 0 Å². The van der Waals surface area contributed by atoms with E-state index in [1.54, 1.807) is 6.92 Å². The number of sulfonamides is 1.